The first kappa shape index (κ1) is 20.0. The first-order valence-corrected chi connectivity index (χ1v) is 10.2. The average molecular weight is 405 g/mol. The van der Waals surface area contributed by atoms with Crippen LogP contribution in [0.2, 0.25) is 0 Å². The SMILES string of the molecule is CCN(CC)S(=O)(=O)c1cc(C(=O)OCc2cn3ccccc3n2)ccc1F. The molecule has 0 aliphatic heterocycles. The zero-order chi connectivity index (χ0) is 20.3. The molecule has 0 saturated carbocycles. The highest BCUT2D eigenvalue weighted by molar-refractivity contribution is 7.89. The number of fused-ring (bicyclic) bond motifs is 1. The molecule has 7 nitrogen and oxygen atoms in total. The van der Waals surface area contributed by atoms with Crippen molar-refractivity contribution in [3.63, 3.8) is 0 Å². The molecule has 0 aliphatic rings. The minimum atomic E-state index is -4.04. The van der Waals surface area contributed by atoms with Gasteiger partial charge in [0.25, 0.3) is 0 Å². The topological polar surface area (TPSA) is 81.0 Å². The fraction of sp³-hybridized carbons (Fsp3) is 0.263. The number of halogens is 1. The third-order valence-electron chi connectivity index (χ3n) is 4.26. The van der Waals surface area contributed by atoms with Crippen LogP contribution in [0.4, 0.5) is 4.39 Å². The van der Waals surface area contributed by atoms with E-state index in [-0.39, 0.29) is 25.3 Å². The monoisotopic (exact) mass is 405 g/mol. The molecular formula is C19H20FN3O4S. The Morgan fingerprint density at radius 2 is 1.96 bits per heavy atom. The average Bonchev–Trinajstić information content (AvgIpc) is 3.10. The molecule has 0 radical (unpaired) electrons. The fourth-order valence-electron chi connectivity index (χ4n) is 2.81. The van der Waals surface area contributed by atoms with E-state index in [9.17, 15) is 17.6 Å². The first-order valence-electron chi connectivity index (χ1n) is 8.76. The maximum atomic E-state index is 14.2. The predicted molar refractivity (Wildman–Crippen MR) is 101 cm³/mol. The van der Waals surface area contributed by atoms with Gasteiger partial charge in [0.1, 0.15) is 23.0 Å². The lowest BCUT2D eigenvalue weighted by molar-refractivity contribution is 0.0468. The van der Waals surface area contributed by atoms with Crippen molar-refractivity contribution in [1.29, 1.82) is 0 Å². The summed E-state index contributed by atoms with van der Waals surface area (Å²) >= 11 is 0. The molecule has 3 aromatic rings. The van der Waals surface area contributed by atoms with Crippen molar-refractivity contribution in [1.82, 2.24) is 13.7 Å². The van der Waals surface area contributed by atoms with Crippen molar-refractivity contribution in [3.8, 4) is 0 Å². The summed E-state index contributed by atoms with van der Waals surface area (Å²) in [7, 11) is -4.04. The van der Waals surface area contributed by atoms with Crippen LogP contribution in [0.1, 0.15) is 29.9 Å². The fourth-order valence-corrected chi connectivity index (χ4v) is 4.36. The maximum absolute atomic E-state index is 14.2. The molecule has 2 aromatic heterocycles. The Labute approximate surface area is 162 Å². The van der Waals surface area contributed by atoms with Crippen LogP contribution in [0, 0.1) is 5.82 Å². The van der Waals surface area contributed by atoms with Crippen LogP contribution in [0.15, 0.2) is 53.7 Å². The number of carbonyl (C=O) groups excluding carboxylic acids is 1. The van der Waals surface area contributed by atoms with Gasteiger partial charge in [0.15, 0.2) is 0 Å². The van der Waals surface area contributed by atoms with Crippen molar-refractivity contribution in [2.75, 3.05) is 13.1 Å². The summed E-state index contributed by atoms with van der Waals surface area (Å²) in [4.78, 5) is 16.1. The number of hydrogen-bond donors (Lipinski definition) is 0. The zero-order valence-corrected chi connectivity index (χ0v) is 16.3. The molecule has 0 N–H and O–H groups in total. The van der Waals surface area contributed by atoms with Gasteiger partial charge in [-0.25, -0.2) is 22.6 Å². The third kappa shape index (κ3) is 3.90. The van der Waals surface area contributed by atoms with Gasteiger partial charge in [0.2, 0.25) is 10.0 Å². The molecule has 0 spiro atoms. The zero-order valence-electron chi connectivity index (χ0n) is 15.5. The second-order valence-electron chi connectivity index (χ2n) is 6.01. The number of carbonyl (C=O) groups is 1. The molecule has 3 rings (SSSR count). The standard InChI is InChI=1S/C19H20FN3O4S/c1-3-23(4-2)28(25,26)17-11-14(8-9-16(17)20)19(24)27-13-15-12-22-10-6-5-7-18(22)21-15/h5-12H,3-4,13H2,1-2H3. The molecule has 0 fully saturated rings. The number of aromatic nitrogens is 2. The number of rotatable bonds is 7. The van der Waals surface area contributed by atoms with Crippen LogP contribution >= 0.6 is 0 Å². The summed E-state index contributed by atoms with van der Waals surface area (Å²) in [6.45, 7) is 3.62. The summed E-state index contributed by atoms with van der Waals surface area (Å²) < 4.78 is 47.5. The Morgan fingerprint density at radius 3 is 2.64 bits per heavy atom. The van der Waals surface area contributed by atoms with Gasteiger partial charge in [-0.2, -0.15) is 4.31 Å². The molecule has 0 atom stereocenters. The number of imidazole rings is 1. The Kier molecular flexibility index (Phi) is 5.76. The van der Waals surface area contributed by atoms with Crippen molar-refractivity contribution in [3.05, 3.63) is 65.9 Å². The number of sulfonamides is 1. The van der Waals surface area contributed by atoms with Gasteiger partial charge in [0.05, 0.1) is 11.3 Å². The first-order chi connectivity index (χ1) is 13.4. The lowest BCUT2D eigenvalue weighted by Crippen LogP contribution is -2.31. The van der Waals surface area contributed by atoms with E-state index in [1.165, 1.54) is 6.07 Å². The lowest BCUT2D eigenvalue weighted by Gasteiger charge is -2.19. The number of nitrogens with zero attached hydrogens (tertiary/aromatic N) is 3. The summed E-state index contributed by atoms with van der Waals surface area (Å²) in [5.41, 5.74) is 1.21. The Morgan fingerprint density at radius 1 is 1.21 bits per heavy atom. The Balaban J connectivity index is 1.80. The van der Waals surface area contributed by atoms with Gasteiger partial charge < -0.3 is 9.14 Å². The minimum Gasteiger partial charge on any atom is -0.456 e. The summed E-state index contributed by atoms with van der Waals surface area (Å²) in [6.07, 6.45) is 3.54. The van der Waals surface area contributed by atoms with E-state index in [4.69, 9.17) is 4.74 Å². The van der Waals surface area contributed by atoms with E-state index >= 15 is 0 Å². The number of esters is 1. The van der Waals surface area contributed by atoms with Crippen LogP contribution < -0.4 is 0 Å². The molecule has 0 saturated heterocycles. The molecule has 28 heavy (non-hydrogen) atoms. The quantitative estimate of drug-likeness (QED) is 0.565. The van der Waals surface area contributed by atoms with Crippen LogP contribution in [0.25, 0.3) is 5.65 Å². The number of benzene rings is 1. The Bertz CT molecular complexity index is 1070. The smallest absolute Gasteiger partial charge is 0.338 e. The lowest BCUT2D eigenvalue weighted by atomic mass is 10.2. The van der Waals surface area contributed by atoms with E-state index in [2.05, 4.69) is 4.98 Å². The second-order valence-corrected chi connectivity index (χ2v) is 7.92. The molecule has 0 bridgehead atoms. The Hall–Kier alpha value is -2.78. The van der Waals surface area contributed by atoms with E-state index < -0.39 is 26.7 Å². The maximum Gasteiger partial charge on any atom is 0.338 e. The molecule has 2 heterocycles. The largest absolute Gasteiger partial charge is 0.456 e. The van der Waals surface area contributed by atoms with E-state index in [1.54, 1.807) is 24.4 Å². The van der Waals surface area contributed by atoms with Crippen molar-refractivity contribution >= 4 is 21.6 Å². The third-order valence-corrected chi connectivity index (χ3v) is 6.32. The molecule has 0 unspecified atom stereocenters. The van der Waals surface area contributed by atoms with E-state index in [0.29, 0.717) is 11.3 Å². The number of hydrogen-bond acceptors (Lipinski definition) is 5. The molecular weight excluding hydrogens is 385 g/mol. The summed E-state index contributed by atoms with van der Waals surface area (Å²) in [5.74, 6) is -1.67. The number of ether oxygens (including phenoxy) is 1. The summed E-state index contributed by atoms with van der Waals surface area (Å²) in [5, 5.41) is 0. The highest BCUT2D eigenvalue weighted by atomic mass is 32.2. The van der Waals surface area contributed by atoms with Crippen molar-refractivity contribution in [2.45, 2.75) is 25.3 Å². The van der Waals surface area contributed by atoms with Crippen LogP contribution in [-0.4, -0.2) is 41.2 Å². The minimum absolute atomic E-state index is 0.0455. The highest BCUT2D eigenvalue weighted by Gasteiger charge is 2.26. The van der Waals surface area contributed by atoms with Crippen molar-refractivity contribution < 1.29 is 22.3 Å². The number of pyridine rings is 1. The van der Waals surface area contributed by atoms with E-state index in [1.807, 2.05) is 24.4 Å². The van der Waals surface area contributed by atoms with Gasteiger partial charge >= 0.3 is 5.97 Å². The van der Waals surface area contributed by atoms with E-state index in [0.717, 1.165) is 16.4 Å². The second kappa shape index (κ2) is 8.07. The van der Waals surface area contributed by atoms with Crippen LogP contribution in [-0.2, 0) is 21.4 Å². The van der Waals surface area contributed by atoms with Gasteiger partial charge in [-0.15, -0.1) is 0 Å². The van der Waals surface area contributed by atoms with Crippen LogP contribution in [0.3, 0.4) is 0 Å². The molecule has 0 aliphatic carbocycles. The molecule has 148 valence electrons. The summed E-state index contributed by atoms with van der Waals surface area (Å²) in [6, 6.07) is 8.67. The van der Waals surface area contributed by atoms with Gasteiger partial charge in [-0.1, -0.05) is 19.9 Å². The predicted octanol–water partition coefficient (Wildman–Crippen LogP) is 2.86. The molecule has 1 aromatic carbocycles. The van der Waals surface area contributed by atoms with Gasteiger partial charge in [-0.3, -0.25) is 0 Å². The van der Waals surface area contributed by atoms with Gasteiger partial charge in [0, 0.05) is 25.5 Å². The normalized spacial score (nSPS) is 11.9. The van der Waals surface area contributed by atoms with Gasteiger partial charge in [-0.05, 0) is 30.3 Å². The molecule has 0 amide bonds. The molecule has 9 heteroatoms. The van der Waals surface area contributed by atoms with Crippen molar-refractivity contribution in [2.24, 2.45) is 0 Å². The highest BCUT2D eigenvalue weighted by Crippen LogP contribution is 2.21. The van der Waals surface area contributed by atoms with Crippen LogP contribution in [0.5, 0.6) is 0 Å².